The second kappa shape index (κ2) is 6.06. The molecule has 1 aromatic carbocycles. The van der Waals surface area contributed by atoms with Gasteiger partial charge >= 0.3 is 0 Å². The van der Waals surface area contributed by atoms with E-state index in [9.17, 15) is 4.39 Å². The molecule has 0 bridgehead atoms. The van der Waals surface area contributed by atoms with Crippen LogP contribution in [0.5, 0.6) is 0 Å². The van der Waals surface area contributed by atoms with Crippen LogP contribution in [0.4, 0.5) is 4.39 Å². The average molecular weight is 285 g/mol. The van der Waals surface area contributed by atoms with Gasteiger partial charge in [-0.3, -0.25) is 0 Å². The maximum atomic E-state index is 13.8. The van der Waals surface area contributed by atoms with Crippen LogP contribution in [0, 0.1) is 5.82 Å². The van der Waals surface area contributed by atoms with Gasteiger partial charge in [-0.1, -0.05) is 29.6 Å². The van der Waals surface area contributed by atoms with Crippen LogP contribution in [0.3, 0.4) is 0 Å². The lowest BCUT2D eigenvalue weighted by atomic mass is 9.97. The number of nitrogens with one attached hydrogen (secondary N) is 1. The Hall–Kier alpha value is -0.0200. The monoisotopic (exact) mass is 283 g/mol. The van der Waals surface area contributed by atoms with E-state index in [1.807, 2.05) is 0 Å². The Labute approximate surface area is 111 Å². The highest BCUT2D eigenvalue weighted by Crippen LogP contribution is 2.33. The van der Waals surface area contributed by atoms with Crippen molar-refractivity contribution in [3.63, 3.8) is 0 Å². The predicted octanol–water partition coefficient (Wildman–Crippen LogP) is 4.37. The van der Waals surface area contributed by atoms with Gasteiger partial charge in [0.25, 0.3) is 0 Å². The van der Waals surface area contributed by atoms with Crippen molar-refractivity contribution in [1.82, 2.24) is 5.32 Å². The van der Waals surface area contributed by atoms with Crippen molar-refractivity contribution >= 4 is 35.6 Å². The fourth-order valence-electron chi connectivity index (χ4n) is 1.96. The molecule has 0 aliphatic carbocycles. The first-order valence-electron chi connectivity index (χ1n) is 5.07. The third kappa shape index (κ3) is 2.80. The molecule has 0 aromatic heterocycles. The zero-order valence-electron chi connectivity index (χ0n) is 8.60. The minimum Gasteiger partial charge on any atom is -0.310 e. The molecule has 0 amide bonds. The minimum absolute atomic E-state index is 0. The summed E-state index contributed by atoms with van der Waals surface area (Å²) in [6.07, 6.45) is 3.15. The lowest BCUT2D eigenvalue weighted by Crippen LogP contribution is -2.27. The van der Waals surface area contributed by atoms with Crippen molar-refractivity contribution in [2.45, 2.75) is 25.3 Å². The first-order chi connectivity index (χ1) is 7.20. The van der Waals surface area contributed by atoms with Crippen LogP contribution in [0.2, 0.25) is 10.0 Å². The number of hydrogen-bond donors (Lipinski definition) is 1. The molecule has 1 nitrogen and oxygen atoms in total. The van der Waals surface area contributed by atoms with Gasteiger partial charge in [-0.15, -0.1) is 12.4 Å². The topological polar surface area (TPSA) is 12.0 Å². The molecule has 1 aromatic rings. The molecule has 1 atom stereocenters. The highest BCUT2D eigenvalue weighted by molar-refractivity contribution is 6.33. The Kier molecular flexibility index (Phi) is 5.32. The van der Waals surface area contributed by atoms with E-state index in [-0.39, 0.29) is 29.3 Å². The molecule has 1 heterocycles. The lowest BCUT2D eigenvalue weighted by Gasteiger charge is -2.25. The van der Waals surface area contributed by atoms with E-state index in [2.05, 4.69) is 5.32 Å². The van der Waals surface area contributed by atoms with Gasteiger partial charge in [0.2, 0.25) is 0 Å². The summed E-state index contributed by atoms with van der Waals surface area (Å²) in [5.41, 5.74) is 0.517. The molecule has 1 saturated heterocycles. The van der Waals surface area contributed by atoms with Crippen molar-refractivity contribution in [1.29, 1.82) is 0 Å². The Balaban J connectivity index is 0.00000128. The lowest BCUT2D eigenvalue weighted by molar-refractivity contribution is 0.400. The quantitative estimate of drug-likeness (QED) is 0.755. The van der Waals surface area contributed by atoms with Crippen molar-refractivity contribution in [2.24, 2.45) is 0 Å². The normalized spacial score (nSPS) is 20.3. The summed E-state index contributed by atoms with van der Waals surface area (Å²) in [4.78, 5) is 0. The zero-order valence-corrected chi connectivity index (χ0v) is 10.9. The van der Waals surface area contributed by atoms with E-state index in [4.69, 9.17) is 23.2 Å². The van der Waals surface area contributed by atoms with Crippen LogP contribution in [0.1, 0.15) is 30.9 Å². The van der Waals surface area contributed by atoms with Gasteiger partial charge in [0.05, 0.1) is 5.02 Å². The molecule has 5 heteroatoms. The highest BCUT2D eigenvalue weighted by Gasteiger charge is 2.22. The fourth-order valence-corrected chi connectivity index (χ4v) is 2.40. The molecule has 2 rings (SSSR count). The molecule has 1 aliphatic heterocycles. The van der Waals surface area contributed by atoms with Crippen LogP contribution >= 0.6 is 35.6 Å². The van der Waals surface area contributed by atoms with E-state index in [0.717, 1.165) is 25.8 Å². The van der Waals surface area contributed by atoms with E-state index < -0.39 is 0 Å². The van der Waals surface area contributed by atoms with Gasteiger partial charge in [-0.05, 0) is 31.5 Å². The average Bonchev–Trinajstić information content (AvgIpc) is 2.26. The number of rotatable bonds is 1. The van der Waals surface area contributed by atoms with Crippen LogP contribution in [-0.2, 0) is 0 Å². The number of benzene rings is 1. The van der Waals surface area contributed by atoms with Gasteiger partial charge < -0.3 is 5.32 Å². The number of piperidine rings is 1. The Morgan fingerprint density at radius 1 is 1.19 bits per heavy atom. The molecule has 1 fully saturated rings. The van der Waals surface area contributed by atoms with Crippen molar-refractivity contribution < 1.29 is 4.39 Å². The maximum Gasteiger partial charge on any atom is 0.148 e. The van der Waals surface area contributed by atoms with Crippen LogP contribution in [0.15, 0.2) is 12.1 Å². The third-order valence-corrected chi connectivity index (χ3v) is 3.36. The van der Waals surface area contributed by atoms with E-state index in [1.165, 1.54) is 6.07 Å². The van der Waals surface area contributed by atoms with Gasteiger partial charge in [0, 0.05) is 16.6 Å². The number of halogens is 4. The second-order valence-corrected chi connectivity index (χ2v) is 4.57. The summed E-state index contributed by atoms with van der Waals surface area (Å²) in [5.74, 6) is -0.386. The van der Waals surface area contributed by atoms with Crippen LogP contribution in [0.25, 0.3) is 0 Å². The standard InChI is InChI=1S/C11H12Cl2FN.ClH/c12-7-4-5-8(13)11(14)10(7)9-3-1-2-6-15-9;/h4-5,9,15H,1-3,6H2;1H/t9-;/m1./s1. The van der Waals surface area contributed by atoms with Gasteiger partial charge in [-0.2, -0.15) is 0 Å². The van der Waals surface area contributed by atoms with Crippen LogP contribution in [-0.4, -0.2) is 6.54 Å². The Morgan fingerprint density at radius 3 is 2.50 bits per heavy atom. The van der Waals surface area contributed by atoms with Crippen LogP contribution < -0.4 is 5.32 Å². The van der Waals surface area contributed by atoms with Crippen molar-refractivity contribution in [2.75, 3.05) is 6.54 Å². The summed E-state index contributed by atoms with van der Waals surface area (Å²) >= 11 is 11.7. The molecule has 0 saturated carbocycles. The number of hydrogen-bond acceptors (Lipinski definition) is 1. The second-order valence-electron chi connectivity index (χ2n) is 3.76. The summed E-state index contributed by atoms with van der Waals surface area (Å²) in [5, 5.41) is 3.86. The summed E-state index contributed by atoms with van der Waals surface area (Å²) < 4.78 is 13.8. The fraction of sp³-hybridized carbons (Fsp3) is 0.455. The first-order valence-corrected chi connectivity index (χ1v) is 5.82. The summed E-state index contributed by atoms with van der Waals surface area (Å²) in [7, 11) is 0. The SMILES string of the molecule is Cl.Fc1c(Cl)ccc(Cl)c1[C@H]1CCCCN1. The molecule has 0 unspecified atom stereocenters. The third-order valence-electron chi connectivity index (χ3n) is 2.74. The minimum atomic E-state index is -0.386. The smallest absolute Gasteiger partial charge is 0.148 e. The summed E-state index contributed by atoms with van der Waals surface area (Å²) in [6, 6.07) is 3.15. The summed E-state index contributed by atoms with van der Waals surface area (Å²) in [6.45, 7) is 0.910. The Bertz CT molecular complexity index is 364. The molecule has 0 spiro atoms. The first kappa shape index (κ1) is 14.0. The molecule has 16 heavy (non-hydrogen) atoms. The molecule has 1 N–H and O–H groups in total. The van der Waals surface area contributed by atoms with E-state index in [0.29, 0.717) is 10.6 Å². The van der Waals surface area contributed by atoms with Crippen molar-refractivity contribution in [3.8, 4) is 0 Å². The Morgan fingerprint density at radius 2 is 1.88 bits per heavy atom. The molecular weight excluding hydrogens is 271 g/mol. The van der Waals surface area contributed by atoms with E-state index in [1.54, 1.807) is 6.07 Å². The molecule has 1 aliphatic rings. The van der Waals surface area contributed by atoms with Gasteiger partial charge in [0.15, 0.2) is 0 Å². The van der Waals surface area contributed by atoms with Crippen molar-refractivity contribution in [3.05, 3.63) is 33.6 Å². The predicted molar refractivity (Wildman–Crippen MR) is 68.3 cm³/mol. The zero-order chi connectivity index (χ0) is 10.8. The maximum absolute atomic E-state index is 13.8. The molecular formula is C11H13Cl3FN. The van der Waals surface area contributed by atoms with E-state index >= 15 is 0 Å². The highest BCUT2D eigenvalue weighted by atomic mass is 35.5. The molecule has 90 valence electrons. The molecule has 0 radical (unpaired) electrons. The largest absolute Gasteiger partial charge is 0.310 e. The van der Waals surface area contributed by atoms with Gasteiger partial charge in [0.1, 0.15) is 5.82 Å². The van der Waals surface area contributed by atoms with Gasteiger partial charge in [-0.25, -0.2) is 4.39 Å².